The van der Waals surface area contributed by atoms with Crippen LogP contribution in [0, 0.1) is 12.8 Å². The third-order valence-electron chi connectivity index (χ3n) is 4.62. The Labute approximate surface area is 124 Å². The van der Waals surface area contributed by atoms with Gasteiger partial charge in [-0.25, -0.2) is 0 Å². The van der Waals surface area contributed by atoms with Gasteiger partial charge in [0.05, 0.1) is 5.39 Å². The lowest BCUT2D eigenvalue weighted by molar-refractivity contribution is 0.108. The smallest absolute Gasteiger partial charge is 0.259 e. The number of aromatic nitrogens is 1. The van der Waals surface area contributed by atoms with Gasteiger partial charge < -0.3 is 15.4 Å². The summed E-state index contributed by atoms with van der Waals surface area (Å²) in [6, 6.07) is 7.93. The molecule has 0 amide bonds. The van der Waals surface area contributed by atoms with Crippen molar-refractivity contribution in [3.8, 4) is 0 Å². The molecule has 0 unspecified atom stereocenters. The van der Waals surface area contributed by atoms with Crippen LogP contribution in [0.5, 0.6) is 0 Å². The first-order valence-corrected chi connectivity index (χ1v) is 7.54. The average molecular weight is 286 g/mol. The highest BCUT2D eigenvalue weighted by Crippen LogP contribution is 2.38. The molecule has 21 heavy (non-hydrogen) atoms. The summed E-state index contributed by atoms with van der Waals surface area (Å²) in [5.74, 6) is 0.315. The van der Waals surface area contributed by atoms with Crippen molar-refractivity contribution in [2.24, 2.45) is 11.7 Å². The predicted molar refractivity (Wildman–Crippen MR) is 84.4 cm³/mol. The standard InChI is InChI=1S/C17H22N2O2/c1-10-4-3-5-13-8-15(11(2)18)19(17(21)16(10)13)14-6-12(7-14)9-20/h3-5,8,11-12,14,20H,6-7,9,18H2,1-2H3/t11-,12?,14?/m0/s1. The minimum Gasteiger partial charge on any atom is -0.396 e. The summed E-state index contributed by atoms with van der Waals surface area (Å²) in [6.45, 7) is 4.08. The number of aliphatic hydroxyl groups excluding tert-OH is 1. The van der Waals surface area contributed by atoms with E-state index in [-0.39, 0.29) is 24.2 Å². The van der Waals surface area contributed by atoms with Crippen LogP contribution in [-0.2, 0) is 0 Å². The third-order valence-corrected chi connectivity index (χ3v) is 4.62. The topological polar surface area (TPSA) is 68.2 Å². The van der Waals surface area contributed by atoms with E-state index in [9.17, 15) is 9.90 Å². The number of rotatable bonds is 3. The SMILES string of the molecule is Cc1cccc2cc([C@H](C)N)n(C3CC(CO)C3)c(=O)c12. The Balaban J connectivity index is 2.21. The maximum Gasteiger partial charge on any atom is 0.259 e. The monoisotopic (exact) mass is 286 g/mol. The molecule has 1 fully saturated rings. The van der Waals surface area contributed by atoms with Crippen LogP contribution < -0.4 is 11.3 Å². The predicted octanol–water partition coefficient (Wildman–Crippen LogP) is 2.27. The molecule has 1 heterocycles. The quantitative estimate of drug-likeness (QED) is 0.909. The third kappa shape index (κ3) is 2.28. The molecule has 0 aliphatic heterocycles. The van der Waals surface area contributed by atoms with E-state index in [4.69, 9.17) is 5.73 Å². The Morgan fingerprint density at radius 1 is 1.43 bits per heavy atom. The minimum absolute atomic E-state index is 0.0549. The Morgan fingerprint density at radius 3 is 2.76 bits per heavy atom. The molecule has 1 aromatic heterocycles. The Morgan fingerprint density at radius 2 is 2.14 bits per heavy atom. The number of nitrogens with two attached hydrogens (primary N) is 1. The van der Waals surface area contributed by atoms with Gasteiger partial charge in [-0.15, -0.1) is 0 Å². The zero-order chi connectivity index (χ0) is 15.1. The molecule has 0 saturated heterocycles. The first-order chi connectivity index (χ1) is 10.0. The summed E-state index contributed by atoms with van der Waals surface area (Å²) in [6.07, 6.45) is 1.71. The molecular formula is C17H22N2O2. The molecule has 2 aromatic rings. The summed E-state index contributed by atoms with van der Waals surface area (Å²) < 4.78 is 1.87. The van der Waals surface area contributed by atoms with Crippen LogP contribution in [0.15, 0.2) is 29.1 Å². The first-order valence-electron chi connectivity index (χ1n) is 7.54. The number of aliphatic hydroxyl groups is 1. The van der Waals surface area contributed by atoms with E-state index in [0.717, 1.165) is 34.9 Å². The normalized spacial score (nSPS) is 23.0. The second-order valence-electron chi connectivity index (χ2n) is 6.25. The fourth-order valence-corrected chi connectivity index (χ4v) is 3.36. The van der Waals surface area contributed by atoms with Crippen LogP contribution in [-0.4, -0.2) is 16.3 Å². The van der Waals surface area contributed by atoms with Crippen LogP contribution in [0.3, 0.4) is 0 Å². The molecule has 3 rings (SSSR count). The fourth-order valence-electron chi connectivity index (χ4n) is 3.36. The molecule has 4 nitrogen and oxygen atoms in total. The van der Waals surface area contributed by atoms with Crippen LogP contribution in [0.4, 0.5) is 0 Å². The Kier molecular flexibility index (Phi) is 3.59. The molecule has 1 aliphatic carbocycles. The van der Waals surface area contributed by atoms with E-state index in [1.807, 2.05) is 42.7 Å². The summed E-state index contributed by atoms with van der Waals surface area (Å²) in [4.78, 5) is 12.9. The van der Waals surface area contributed by atoms with Crippen molar-refractivity contribution in [2.75, 3.05) is 6.61 Å². The number of fused-ring (bicyclic) bond motifs is 1. The maximum absolute atomic E-state index is 12.9. The molecule has 1 saturated carbocycles. The molecule has 0 radical (unpaired) electrons. The van der Waals surface area contributed by atoms with Crippen molar-refractivity contribution in [3.63, 3.8) is 0 Å². The number of nitrogens with zero attached hydrogens (tertiary/aromatic N) is 1. The minimum atomic E-state index is -0.184. The highest BCUT2D eigenvalue weighted by atomic mass is 16.3. The van der Waals surface area contributed by atoms with E-state index >= 15 is 0 Å². The van der Waals surface area contributed by atoms with E-state index in [2.05, 4.69) is 0 Å². The molecular weight excluding hydrogens is 264 g/mol. The van der Waals surface area contributed by atoms with Gasteiger partial charge in [0.1, 0.15) is 0 Å². The molecule has 3 N–H and O–H groups in total. The molecule has 4 heteroatoms. The van der Waals surface area contributed by atoms with Crippen molar-refractivity contribution in [1.82, 2.24) is 4.57 Å². The molecule has 1 aromatic carbocycles. The lowest BCUT2D eigenvalue weighted by Gasteiger charge is -2.37. The summed E-state index contributed by atoms with van der Waals surface area (Å²) in [5.41, 5.74) is 8.03. The largest absolute Gasteiger partial charge is 0.396 e. The molecule has 0 spiro atoms. The van der Waals surface area contributed by atoms with Crippen LogP contribution in [0.2, 0.25) is 0 Å². The molecule has 1 atom stereocenters. The molecule has 112 valence electrons. The van der Waals surface area contributed by atoms with E-state index < -0.39 is 0 Å². The van der Waals surface area contributed by atoms with E-state index in [1.54, 1.807) is 0 Å². The molecule has 1 aliphatic rings. The van der Waals surface area contributed by atoms with Crippen LogP contribution in [0.25, 0.3) is 10.8 Å². The Hall–Kier alpha value is -1.65. The van der Waals surface area contributed by atoms with Gasteiger partial charge in [-0.2, -0.15) is 0 Å². The van der Waals surface area contributed by atoms with Crippen molar-refractivity contribution in [3.05, 3.63) is 45.9 Å². The highest BCUT2D eigenvalue weighted by Gasteiger charge is 2.32. The zero-order valence-electron chi connectivity index (χ0n) is 12.5. The number of aryl methyl sites for hydroxylation is 1. The first kappa shape index (κ1) is 14.3. The second kappa shape index (κ2) is 5.28. The van der Waals surface area contributed by atoms with Gasteiger partial charge in [-0.3, -0.25) is 4.79 Å². The van der Waals surface area contributed by atoms with Gasteiger partial charge in [0.15, 0.2) is 0 Å². The number of hydrogen-bond donors (Lipinski definition) is 2. The van der Waals surface area contributed by atoms with Crippen LogP contribution in [0.1, 0.15) is 43.1 Å². The van der Waals surface area contributed by atoms with Gasteiger partial charge in [-0.1, -0.05) is 18.2 Å². The summed E-state index contributed by atoms with van der Waals surface area (Å²) in [7, 11) is 0. The number of hydrogen-bond acceptors (Lipinski definition) is 3. The molecule has 0 bridgehead atoms. The van der Waals surface area contributed by atoms with Gasteiger partial charge in [0.2, 0.25) is 0 Å². The number of benzene rings is 1. The van der Waals surface area contributed by atoms with Gasteiger partial charge in [0.25, 0.3) is 5.56 Å². The second-order valence-corrected chi connectivity index (χ2v) is 6.25. The van der Waals surface area contributed by atoms with Crippen molar-refractivity contribution in [2.45, 2.75) is 38.8 Å². The van der Waals surface area contributed by atoms with Gasteiger partial charge >= 0.3 is 0 Å². The zero-order valence-corrected chi connectivity index (χ0v) is 12.5. The summed E-state index contributed by atoms with van der Waals surface area (Å²) >= 11 is 0. The van der Waals surface area contributed by atoms with Gasteiger partial charge in [0, 0.05) is 24.4 Å². The van der Waals surface area contributed by atoms with Crippen molar-refractivity contribution in [1.29, 1.82) is 0 Å². The van der Waals surface area contributed by atoms with Crippen molar-refractivity contribution < 1.29 is 5.11 Å². The maximum atomic E-state index is 12.9. The van der Waals surface area contributed by atoms with E-state index in [1.165, 1.54) is 0 Å². The number of pyridine rings is 1. The van der Waals surface area contributed by atoms with Crippen molar-refractivity contribution >= 4 is 10.8 Å². The van der Waals surface area contributed by atoms with E-state index in [0.29, 0.717) is 5.92 Å². The average Bonchev–Trinajstić information content (AvgIpc) is 2.39. The Bertz CT molecular complexity index is 727. The highest BCUT2D eigenvalue weighted by molar-refractivity contribution is 5.85. The lowest BCUT2D eigenvalue weighted by atomic mass is 9.80. The van der Waals surface area contributed by atoms with Crippen LogP contribution >= 0.6 is 0 Å². The lowest BCUT2D eigenvalue weighted by Crippen LogP contribution is -2.38. The summed E-state index contributed by atoms with van der Waals surface area (Å²) in [5, 5.41) is 10.9. The van der Waals surface area contributed by atoms with Gasteiger partial charge in [-0.05, 0) is 49.6 Å². The fraction of sp³-hybridized carbons (Fsp3) is 0.471.